The molecule has 0 bridgehead atoms. The lowest BCUT2D eigenvalue weighted by atomic mass is 9.97. The van der Waals surface area contributed by atoms with E-state index >= 15 is 0 Å². The number of anilines is 3. The predicted octanol–water partition coefficient (Wildman–Crippen LogP) is 4.38. The molecule has 0 aliphatic heterocycles. The standard InChI is InChI=1S/C24H24FN7O/c1-14-27-13-32(31-14)20-11-8-17(12-21(20)33-3)28-24-29-22-18(15-4-6-16(25)7-5-15)9-10-19(22)23(26-2)30-24/h4-8,11-13,18H,9-10H2,1-3H3,(H2,26,28,29,30)/t18-/m1/s1. The van der Waals surface area contributed by atoms with Crippen molar-refractivity contribution in [2.45, 2.75) is 25.7 Å². The van der Waals surface area contributed by atoms with Gasteiger partial charge in [0, 0.05) is 30.3 Å². The molecule has 0 saturated carbocycles. The van der Waals surface area contributed by atoms with E-state index in [9.17, 15) is 4.39 Å². The Hall–Kier alpha value is -4.01. The quantitative estimate of drug-likeness (QED) is 0.455. The van der Waals surface area contributed by atoms with Crippen LogP contribution in [-0.2, 0) is 6.42 Å². The van der Waals surface area contributed by atoms with E-state index < -0.39 is 0 Å². The Balaban J connectivity index is 1.48. The van der Waals surface area contributed by atoms with Crippen LogP contribution in [0.5, 0.6) is 5.75 Å². The topological polar surface area (TPSA) is 89.8 Å². The first-order valence-corrected chi connectivity index (χ1v) is 10.7. The van der Waals surface area contributed by atoms with Gasteiger partial charge >= 0.3 is 0 Å². The molecule has 8 nitrogen and oxygen atoms in total. The second-order valence-electron chi connectivity index (χ2n) is 7.90. The van der Waals surface area contributed by atoms with Gasteiger partial charge in [-0.25, -0.2) is 19.0 Å². The Kier molecular flexibility index (Phi) is 5.37. The van der Waals surface area contributed by atoms with E-state index in [0.717, 1.165) is 46.9 Å². The van der Waals surface area contributed by atoms with Crippen molar-refractivity contribution in [2.24, 2.45) is 0 Å². The summed E-state index contributed by atoms with van der Waals surface area (Å²) in [4.78, 5) is 13.7. The van der Waals surface area contributed by atoms with Crippen molar-refractivity contribution in [3.05, 3.63) is 77.3 Å². The van der Waals surface area contributed by atoms with Crippen molar-refractivity contribution < 1.29 is 9.13 Å². The van der Waals surface area contributed by atoms with E-state index in [1.807, 2.05) is 44.3 Å². The molecule has 0 spiro atoms. The summed E-state index contributed by atoms with van der Waals surface area (Å²) in [5, 5.41) is 10.9. The minimum absolute atomic E-state index is 0.101. The number of ether oxygens (including phenoxy) is 1. The Labute approximate surface area is 190 Å². The molecule has 9 heteroatoms. The summed E-state index contributed by atoms with van der Waals surface area (Å²) in [6.45, 7) is 1.84. The summed E-state index contributed by atoms with van der Waals surface area (Å²) < 4.78 is 20.7. The summed E-state index contributed by atoms with van der Waals surface area (Å²) >= 11 is 0. The van der Waals surface area contributed by atoms with E-state index in [2.05, 4.69) is 25.7 Å². The molecule has 5 rings (SSSR count). The van der Waals surface area contributed by atoms with Crippen LogP contribution < -0.4 is 15.4 Å². The van der Waals surface area contributed by atoms with E-state index in [4.69, 9.17) is 9.72 Å². The van der Waals surface area contributed by atoms with Crippen LogP contribution in [0, 0.1) is 12.7 Å². The number of rotatable bonds is 6. The van der Waals surface area contributed by atoms with Gasteiger partial charge in [-0.05, 0) is 49.6 Å². The number of nitrogens with zero attached hydrogens (tertiary/aromatic N) is 5. The first kappa shape index (κ1) is 20.9. The molecule has 168 valence electrons. The number of methoxy groups -OCH3 is 1. The number of benzene rings is 2. The summed E-state index contributed by atoms with van der Waals surface area (Å²) in [6, 6.07) is 12.4. The molecule has 2 heterocycles. The maximum atomic E-state index is 13.4. The monoisotopic (exact) mass is 445 g/mol. The average molecular weight is 446 g/mol. The lowest BCUT2D eigenvalue weighted by Gasteiger charge is -2.16. The normalized spacial score (nSPS) is 14.7. The molecule has 33 heavy (non-hydrogen) atoms. The summed E-state index contributed by atoms with van der Waals surface area (Å²) in [7, 11) is 3.47. The van der Waals surface area contributed by atoms with Crippen LogP contribution in [0.25, 0.3) is 5.69 Å². The van der Waals surface area contributed by atoms with Crippen molar-refractivity contribution in [3.8, 4) is 11.4 Å². The average Bonchev–Trinajstić information content (AvgIpc) is 3.45. The van der Waals surface area contributed by atoms with Crippen LogP contribution in [-0.4, -0.2) is 38.9 Å². The third-order valence-corrected chi connectivity index (χ3v) is 5.85. The molecule has 1 aliphatic carbocycles. The summed E-state index contributed by atoms with van der Waals surface area (Å²) in [6.07, 6.45) is 3.43. The molecule has 2 aromatic carbocycles. The zero-order chi connectivity index (χ0) is 22.9. The van der Waals surface area contributed by atoms with E-state index in [0.29, 0.717) is 17.5 Å². The van der Waals surface area contributed by atoms with Crippen LogP contribution >= 0.6 is 0 Å². The fourth-order valence-electron chi connectivity index (χ4n) is 4.28. The van der Waals surface area contributed by atoms with Crippen molar-refractivity contribution >= 4 is 17.5 Å². The Bertz CT molecular complexity index is 1300. The first-order chi connectivity index (χ1) is 16.1. The molecule has 1 atom stereocenters. The largest absolute Gasteiger partial charge is 0.494 e. The molecule has 0 amide bonds. The van der Waals surface area contributed by atoms with Gasteiger partial charge in [-0.15, -0.1) is 0 Å². The van der Waals surface area contributed by atoms with Gasteiger partial charge in [-0.2, -0.15) is 10.1 Å². The number of aryl methyl sites for hydroxylation is 1. The van der Waals surface area contributed by atoms with Gasteiger partial charge in [-0.1, -0.05) is 12.1 Å². The Morgan fingerprint density at radius 3 is 2.64 bits per heavy atom. The second kappa shape index (κ2) is 8.50. The molecule has 0 radical (unpaired) electrons. The van der Waals surface area contributed by atoms with Gasteiger partial charge < -0.3 is 15.4 Å². The summed E-state index contributed by atoms with van der Waals surface area (Å²) in [5.41, 5.74) is 4.68. The molecular formula is C24H24FN7O. The van der Waals surface area contributed by atoms with Gasteiger partial charge in [0.2, 0.25) is 5.95 Å². The molecule has 2 aromatic heterocycles. The summed E-state index contributed by atoms with van der Waals surface area (Å²) in [5.74, 6) is 2.47. The highest BCUT2D eigenvalue weighted by Gasteiger charge is 2.29. The lowest BCUT2D eigenvalue weighted by Crippen LogP contribution is -2.08. The van der Waals surface area contributed by atoms with Crippen LogP contribution in [0.15, 0.2) is 48.8 Å². The zero-order valence-corrected chi connectivity index (χ0v) is 18.6. The maximum absolute atomic E-state index is 13.4. The molecule has 0 fully saturated rings. The third-order valence-electron chi connectivity index (χ3n) is 5.85. The minimum Gasteiger partial charge on any atom is -0.494 e. The van der Waals surface area contributed by atoms with Crippen LogP contribution in [0.2, 0.25) is 0 Å². The fourth-order valence-corrected chi connectivity index (χ4v) is 4.28. The van der Waals surface area contributed by atoms with Crippen LogP contribution in [0.3, 0.4) is 0 Å². The molecular weight excluding hydrogens is 421 g/mol. The molecule has 4 aromatic rings. The number of fused-ring (bicyclic) bond motifs is 1. The number of hydrogen-bond acceptors (Lipinski definition) is 7. The SMILES string of the molecule is CNc1nc(Nc2ccc(-n3cnc(C)n3)c(OC)c2)nc2c1CC[C@@H]2c1ccc(F)cc1. The maximum Gasteiger partial charge on any atom is 0.229 e. The number of aromatic nitrogens is 5. The van der Waals surface area contributed by atoms with Crippen molar-refractivity contribution in [2.75, 3.05) is 24.8 Å². The molecule has 0 saturated heterocycles. The van der Waals surface area contributed by atoms with Gasteiger partial charge in [0.1, 0.15) is 35.2 Å². The van der Waals surface area contributed by atoms with Gasteiger partial charge in [0.25, 0.3) is 0 Å². The van der Waals surface area contributed by atoms with Gasteiger partial charge in [0.15, 0.2) is 0 Å². The Morgan fingerprint density at radius 2 is 1.94 bits per heavy atom. The van der Waals surface area contributed by atoms with Gasteiger partial charge in [0.05, 0.1) is 12.8 Å². The van der Waals surface area contributed by atoms with Crippen LogP contribution in [0.1, 0.15) is 35.0 Å². The van der Waals surface area contributed by atoms with E-state index in [1.165, 1.54) is 12.1 Å². The molecule has 0 unspecified atom stereocenters. The number of nitrogens with one attached hydrogen (secondary N) is 2. The Morgan fingerprint density at radius 1 is 1.12 bits per heavy atom. The molecule has 2 N–H and O–H groups in total. The highest BCUT2D eigenvalue weighted by molar-refractivity contribution is 5.64. The van der Waals surface area contributed by atoms with E-state index in [1.54, 1.807) is 18.1 Å². The van der Waals surface area contributed by atoms with Gasteiger partial charge in [-0.3, -0.25) is 0 Å². The first-order valence-electron chi connectivity index (χ1n) is 10.7. The number of hydrogen-bond donors (Lipinski definition) is 2. The number of halogens is 1. The van der Waals surface area contributed by atoms with Crippen molar-refractivity contribution in [1.29, 1.82) is 0 Å². The highest BCUT2D eigenvalue weighted by atomic mass is 19.1. The predicted molar refractivity (Wildman–Crippen MR) is 124 cm³/mol. The van der Waals surface area contributed by atoms with E-state index in [-0.39, 0.29) is 11.7 Å². The zero-order valence-electron chi connectivity index (χ0n) is 18.6. The second-order valence-corrected chi connectivity index (χ2v) is 7.90. The lowest BCUT2D eigenvalue weighted by molar-refractivity contribution is 0.412. The molecule has 1 aliphatic rings. The van der Waals surface area contributed by atoms with Crippen molar-refractivity contribution in [1.82, 2.24) is 24.7 Å². The highest BCUT2D eigenvalue weighted by Crippen LogP contribution is 2.40. The smallest absolute Gasteiger partial charge is 0.229 e. The van der Waals surface area contributed by atoms with Crippen LogP contribution in [0.4, 0.5) is 21.8 Å². The third kappa shape index (κ3) is 3.97. The van der Waals surface area contributed by atoms with Crippen molar-refractivity contribution in [3.63, 3.8) is 0 Å². The minimum atomic E-state index is -0.239. The fraction of sp³-hybridized carbons (Fsp3) is 0.250.